The fourth-order valence-electron chi connectivity index (χ4n) is 3.09. The molecule has 0 radical (unpaired) electrons. The maximum Gasteiger partial charge on any atom is 0.350 e. The minimum absolute atomic E-state index is 0.0142. The second kappa shape index (κ2) is 9.42. The summed E-state index contributed by atoms with van der Waals surface area (Å²) in [6.07, 6.45) is 2.63. The lowest BCUT2D eigenvalue weighted by Crippen LogP contribution is -2.35. The Hall–Kier alpha value is -2.01. The van der Waals surface area contributed by atoms with Crippen LogP contribution in [0.25, 0.3) is 0 Å². The topological polar surface area (TPSA) is 106 Å². The number of thiazole rings is 1. The molecule has 1 aliphatic rings. The highest BCUT2D eigenvalue weighted by Crippen LogP contribution is 2.28. The molecule has 162 valence electrons. The molecule has 30 heavy (non-hydrogen) atoms. The number of aryl methyl sites for hydroxylation is 1. The first-order valence-electron chi connectivity index (χ1n) is 9.49. The molecule has 0 unspecified atom stereocenters. The van der Waals surface area contributed by atoms with Gasteiger partial charge in [0.15, 0.2) is 5.13 Å². The molecule has 1 aromatic carbocycles. The van der Waals surface area contributed by atoms with Crippen LogP contribution in [0.1, 0.15) is 51.9 Å². The van der Waals surface area contributed by atoms with Crippen molar-refractivity contribution >= 4 is 50.0 Å². The third-order valence-corrected chi connectivity index (χ3v) is 7.89. The number of benzene rings is 1. The number of carbonyl (C=O) groups is 2. The van der Waals surface area contributed by atoms with Crippen LogP contribution in [-0.2, 0) is 14.8 Å². The second-order valence-corrected chi connectivity index (χ2v) is 10.1. The zero-order chi connectivity index (χ0) is 21.9. The van der Waals surface area contributed by atoms with Crippen molar-refractivity contribution in [2.24, 2.45) is 0 Å². The Kier molecular flexibility index (Phi) is 7.12. The molecular formula is C19H22ClN3O5S2. The maximum absolute atomic E-state index is 12.9. The number of sulfonamides is 1. The highest BCUT2D eigenvalue weighted by atomic mass is 35.5. The van der Waals surface area contributed by atoms with Crippen molar-refractivity contribution in [3.05, 3.63) is 39.4 Å². The van der Waals surface area contributed by atoms with Gasteiger partial charge in [0.25, 0.3) is 5.91 Å². The number of rotatable bonds is 6. The molecule has 0 saturated carbocycles. The number of carbonyl (C=O) groups excluding carboxylic acids is 2. The van der Waals surface area contributed by atoms with Gasteiger partial charge in [-0.25, -0.2) is 18.2 Å². The van der Waals surface area contributed by atoms with Crippen LogP contribution in [0.3, 0.4) is 0 Å². The van der Waals surface area contributed by atoms with Crippen molar-refractivity contribution < 1.29 is 22.7 Å². The minimum atomic E-state index is -3.71. The summed E-state index contributed by atoms with van der Waals surface area (Å²) in [6, 6.07) is 4.06. The highest BCUT2D eigenvalue weighted by molar-refractivity contribution is 7.89. The fraction of sp³-hybridized carbons (Fsp3) is 0.421. The summed E-state index contributed by atoms with van der Waals surface area (Å²) in [4.78, 5) is 29.2. The number of anilines is 1. The zero-order valence-electron chi connectivity index (χ0n) is 16.6. The molecule has 1 aliphatic heterocycles. The van der Waals surface area contributed by atoms with Crippen LogP contribution in [0.2, 0.25) is 5.02 Å². The number of esters is 1. The highest BCUT2D eigenvalue weighted by Gasteiger charge is 2.27. The maximum atomic E-state index is 12.9. The van der Waals surface area contributed by atoms with Crippen molar-refractivity contribution in [2.75, 3.05) is 25.0 Å². The monoisotopic (exact) mass is 471 g/mol. The molecule has 2 aromatic rings. The Balaban J connectivity index is 1.84. The third-order valence-electron chi connectivity index (χ3n) is 4.61. The van der Waals surface area contributed by atoms with Crippen molar-refractivity contribution in [2.45, 2.75) is 38.0 Å². The van der Waals surface area contributed by atoms with E-state index in [1.165, 1.54) is 22.5 Å². The zero-order valence-corrected chi connectivity index (χ0v) is 19.0. The van der Waals surface area contributed by atoms with Crippen LogP contribution in [0, 0.1) is 6.92 Å². The van der Waals surface area contributed by atoms with E-state index in [2.05, 4.69) is 10.3 Å². The number of ether oxygens (including phenoxy) is 1. The number of aromatic nitrogens is 1. The molecule has 0 bridgehead atoms. The van der Waals surface area contributed by atoms with Gasteiger partial charge < -0.3 is 4.74 Å². The Bertz CT molecular complexity index is 1060. The fourth-order valence-corrected chi connectivity index (χ4v) is 5.70. The second-order valence-electron chi connectivity index (χ2n) is 6.71. The molecule has 3 rings (SSSR count). The van der Waals surface area contributed by atoms with Crippen LogP contribution in [0.15, 0.2) is 23.1 Å². The van der Waals surface area contributed by atoms with Gasteiger partial charge >= 0.3 is 5.97 Å². The van der Waals surface area contributed by atoms with Crippen LogP contribution < -0.4 is 5.32 Å². The van der Waals surface area contributed by atoms with Crippen LogP contribution in [0.5, 0.6) is 0 Å². The number of piperidine rings is 1. The molecule has 2 heterocycles. The summed E-state index contributed by atoms with van der Waals surface area (Å²) in [6.45, 7) is 4.48. The average molecular weight is 472 g/mol. The number of nitrogens with one attached hydrogen (secondary N) is 1. The molecule has 1 amide bonds. The Labute approximate surface area is 184 Å². The van der Waals surface area contributed by atoms with Crippen molar-refractivity contribution in [1.82, 2.24) is 9.29 Å². The molecule has 0 spiro atoms. The first kappa shape index (κ1) is 22.7. The number of halogens is 1. The van der Waals surface area contributed by atoms with E-state index in [9.17, 15) is 18.0 Å². The summed E-state index contributed by atoms with van der Waals surface area (Å²) in [5, 5.41) is 2.89. The van der Waals surface area contributed by atoms with Crippen molar-refractivity contribution in [3.63, 3.8) is 0 Å². The molecular weight excluding hydrogens is 450 g/mol. The van der Waals surface area contributed by atoms with Gasteiger partial charge in [-0.3, -0.25) is 10.1 Å². The van der Waals surface area contributed by atoms with Gasteiger partial charge in [-0.15, -0.1) is 0 Å². The summed E-state index contributed by atoms with van der Waals surface area (Å²) in [7, 11) is -3.71. The van der Waals surface area contributed by atoms with Crippen LogP contribution in [-0.4, -0.2) is 49.3 Å². The standard InChI is InChI=1S/C19H22ClN3O5S2/c1-3-28-18(25)16-12(2)21-19(29-16)22-17(24)14-11-13(7-8-15(14)20)30(26,27)23-9-5-4-6-10-23/h7-8,11H,3-6,9-10H2,1-2H3,(H,21,22,24). The molecule has 11 heteroatoms. The predicted molar refractivity (Wildman–Crippen MR) is 115 cm³/mol. The predicted octanol–water partition coefficient (Wildman–Crippen LogP) is 3.71. The van der Waals surface area contributed by atoms with Gasteiger partial charge in [-0.05, 0) is 44.9 Å². The molecule has 1 aromatic heterocycles. The lowest BCUT2D eigenvalue weighted by Gasteiger charge is -2.26. The average Bonchev–Trinajstić information content (AvgIpc) is 3.09. The molecule has 8 nitrogen and oxygen atoms in total. The van der Waals surface area contributed by atoms with E-state index in [-0.39, 0.29) is 27.2 Å². The van der Waals surface area contributed by atoms with E-state index in [1.54, 1.807) is 13.8 Å². The first-order chi connectivity index (χ1) is 14.2. The van der Waals surface area contributed by atoms with Gasteiger partial charge in [-0.1, -0.05) is 29.4 Å². The van der Waals surface area contributed by atoms with Gasteiger partial charge in [0, 0.05) is 13.1 Å². The first-order valence-corrected chi connectivity index (χ1v) is 12.1. The number of hydrogen-bond acceptors (Lipinski definition) is 7. The SMILES string of the molecule is CCOC(=O)c1sc(NC(=O)c2cc(S(=O)(=O)N3CCCCC3)ccc2Cl)nc1C. The van der Waals surface area contributed by atoms with E-state index >= 15 is 0 Å². The molecule has 1 N–H and O–H groups in total. The van der Waals surface area contributed by atoms with Crippen molar-refractivity contribution in [1.29, 1.82) is 0 Å². The Morgan fingerprint density at radius 3 is 2.63 bits per heavy atom. The van der Waals surface area contributed by atoms with Crippen molar-refractivity contribution in [3.8, 4) is 0 Å². The van der Waals surface area contributed by atoms with Gasteiger partial charge in [0.05, 0.1) is 27.8 Å². The Morgan fingerprint density at radius 2 is 1.97 bits per heavy atom. The Morgan fingerprint density at radius 1 is 1.27 bits per heavy atom. The molecule has 0 aliphatic carbocycles. The number of nitrogens with zero attached hydrogens (tertiary/aromatic N) is 2. The van der Waals surface area contributed by atoms with E-state index in [1.807, 2.05) is 0 Å². The summed E-state index contributed by atoms with van der Waals surface area (Å²) in [5.41, 5.74) is 0.446. The van der Waals surface area contributed by atoms with Gasteiger partial charge in [0.2, 0.25) is 10.0 Å². The summed E-state index contributed by atoms with van der Waals surface area (Å²) < 4.78 is 32.2. The third kappa shape index (κ3) is 4.83. The number of amides is 1. The normalized spacial score (nSPS) is 15.0. The summed E-state index contributed by atoms with van der Waals surface area (Å²) in [5.74, 6) is -1.12. The van der Waals surface area contributed by atoms with E-state index in [0.29, 0.717) is 23.7 Å². The lowest BCUT2D eigenvalue weighted by atomic mass is 10.2. The van der Waals surface area contributed by atoms with Crippen LogP contribution >= 0.6 is 22.9 Å². The van der Waals surface area contributed by atoms with E-state index in [0.717, 1.165) is 30.6 Å². The number of hydrogen-bond donors (Lipinski definition) is 1. The lowest BCUT2D eigenvalue weighted by molar-refractivity contribution is 0.0531. The smallest absolute Gasteiger partial charge is 0.350 e. The van der Waals surface area contributed by atoms with Gasteiger partial charge in [-0.2, -0.15) is 4.31 Å². The molecule has 0 atom stereocenters. The van der Waals surface area contributed by atoms with E-state index in [4.69, 9.17) is 16.3 Å². The van der Waals surface area contributed by atoms with E-state index < -0.39 is 21.9 Å². The quantitative estimate of drug-likeness (QED) is 0.644. The summed E-state index contributed by atoms with van der Waals surface area (Å²) >= 11 is 7.14. The largest absolute Gasteiger partial charge is 0.462 e. The van der Waals surface area contributed by atoms with Gasteiger partial charge in [0.1, 0.15) is 4.88 Å². The minimum Gasteiger partial charge on any atom is -0.462 e. The molecule has 1 fully saturated rings. The van der Waals surface area contributed by atoms with Crippen LogP contribution in [0.4, 0.5) is 5.13 Å². The molecule has 1 saturated heterocycles.